The fourth-order valence-corrected chi connectivity index (χ4v) is 3.17. The summed E-state index contributed by atoms with van der Waals surface area (Å²) in [5.74, 6) is -0.410. The molecular weight excluding hydrogens is 268 g/mol. The minimum Gasteiger partial charge on any atom is -0.481 e. The number of urea groups is 1. The van der Waals surface area contributed by atoms with Crippen molar-refractivity contribution in [2.75, 3.05) is 13.1 Å². The van der Waals surface area contributed by atoms with Crippen LogP contribution in [-0.2, 0) is 4.79 Å². The molecule has 0 bridgehead atoms. The zero-order valence-electron chi connectivity index (χ0n) is 13.8. The third-order valence-corrected chi connectivity index (χ3v) is 4.22. The molecule has 1 aliphatic heterocycles. The van der Waals surface area contributed by atoms with E-state index in [0.717, 1.165) is 32.2 Å². The number of carbonyl (C=O) groups is 2. The van der Waals surface area contributed by atoms with Crippen molar-refractivity contribution < 1.29 is 14.7 Å². The van der Waals surface area contributed by atoms with Crippen molar-refractivity contribution in [3.8, 4) is 0 Å². The molecule has 1 N–H and O–H groups in total. The molecule has 1 aliphatic rings. The maximum Gasteiger partial charge on any atom is 0.320 e. The zero-order valence-corrected chi connectivity index (χ0v) is 13.8. The highest BCUT2D eigenvalue weighted by Gasteiger charge is 2.34. The van der Waals surface area contributed by atoms with Crippen LogP contribution in [-0.4, -0.2) is 52.1 Å². The van der Waals surface area contributed by atoms with Crippen LogP contribution in [0.15, 0.2) is 0 Å². The van der Waals surface area contributed by atoms with Crippen molar-refractivity contribution in [3.63, 3.8) is 0 Å². The number of likely N-dealkylation sites (tertiary alicyclic amines) is 1. The molecule has 0 aromatic carbocycles. The van der Waals surface area contributed by atoms with Gasteiger partial charge in [-0.25, -0.2) is 4.79 Å². The molecule has 0 saturated carbocycles. The molecule has 5 heteroatoms. The average Bonchev–Trinajstić information content (AvgIpc) is 2.85. The molecule has 1 rings (SSSR count). The molecule has 0 radical (unpaired) electrons. The van der Waals surface area contributed by atoms with Gasteiger partial charge in [0.15, 0.2) is 0 Å². The van der Waals surface area contributed by atoms with Crippen LogP contribution in [0.25, 0.3) is 0 Å². The third kappa shape index (κ3) is 4.90. The van der Waals surface area contributed by atoms with E-state index in [1.807, 2.05) is 4.90 Å². The fraction of sp³-hybridized carbons (Fsp3) is 0.875. The highest BCUT2D eigenvalue weighted by atomic mass is 16.4. The Labute approximate surface area is 128 Å². The molecule has 1 atom stereocenters. The number of amides is 2. The maximum atomic E-state index is 12.9. The Bertz CT molecular complexity index is 353. The van der Waals surface area contributed by atoms with Gasteiger partial charge in [0.2, 0.25) is 0 Å². The van der Waals surface area contributed by atoms with Crippen molar-refractivity contribution in [2.24, 2.45) is 5.92 Å². The standard InChI is InChI=1S/C16H30N2O3/c1-5-13(6-2)18(11-12(3)4)16(21)17-9-7-8-14(17)10-15(19)20/h12-14H,5-11H2,1-4H3,(H,19,20). The quantitative estimate of drug-likeness (QED) is 0.785. The summed E-state index contributed by atoms with van der Waals surface area (Å²) >= 11 is 0. The van der Waals surface area contributed by atoms with Crippen LogP contribution in [0, 0.1) is 5.92 Å². The van der Waals surface area contributed by atoms with Gasteiger partial charge in [0.25, 0.3) is 0 Å². The van der Waals surface area contributed by atoms with Crippen LogP contribution in [0.4, 0.5) is 4.79 Å². The monoisotopic (exact) mass is 298 g/mol. The molecule has 21 heavy (non-hydrogen) atoms. The Morgan fingerprint density at radius 2 is 1.90 bits per heavy atom. The van der Waals surface area contributed by atoms with E-state index in [-0.39, 0.29) is 24.5 Å². The molecule has 1 unspecified atom stereocenters. The van der Waals surface area contributed by atoms with E-state index < -0.39 is 5.97 Å². The normalized spacial score (nSPS) is 18.6. The highest BCUT2D eigenvalue weighted by Crippen LogP contribution is 2.24. The first-order chi connectivity index (χ1) is 9.90. The summed E-state index contributed by atoms with van der Waals surface area (Å²) in [7, 11) is 0. The van der Waals surface area contributed by atoms with E-state index >= 15 is 0 Å². The number of nitrogens with zero attached hydrogens (tertiary/aromatic N) is 2. The summed E-state index contributed by atoms with van der Waals surface area (Å²) in [5.41, 5.74) is 0. The summed E-state index contributed by atoms with van der Waals surface area (Å²) in [5, 5.41) is 9.01. The van der Waals surface area contributed by atoms with E-state index in [9.17, 15) is 9.59 Å². The average molecular weight is 298 g/mol. The first-order valence-corrected chi connectivity index (χ1v) is 8.19. The van der Waals surface area contributed by atoms with E-state index in [0.29, 0.717) is 12.5 Å². The van der Waals surface area contributed by atoms with Gasteiger partial charge in [-0.3, -0.25) is 4.79 Å². The topological polar surface area (TPSA) is 60.9 Å². The zero-order chi connectivity index (χ0) is 16.0. The Morgan fingerprint density at radius 1 is 1.29 bits per heavy atom. The van der Waals surface area contributed by atoms with Crippen molar-refractivity contribution >= 4 is 12.0 Å². The van der Waals surface area contributed by atoms with E-state index in [1.54, 1.807) is 4.90 Å². The lowest BCUT2D eigenvalue weighted by Gasteiger charge is -2.37. The third-order valence-electron chi connectivity index (χ3n) is 4.22. The molecule has 1 fully saturated rings. The minimum absolute atomic E-state index is 0.0288. The number of carboxylic acids is 1. The Hall–Kier alpha value is -1.26. The van der Waals surface area contributed by atoms with Crippen LogP contribution in [0.5, 0.6) is 0 Å². The van der Waals surface area contributed by atoms with E-state index in [4.69, 9.17) is 5.11 Å². The van der Waals surface area contributed by atoms with Crippen molar-refractivity contribution in [1.29, 1.82) is 0 Å². The number of hydrogen-bond donors (Lipinski definition) is 1. The summed E-state index contributed by atoms with van der Waals surface area (Å²) in [4.78, 5) is 27.6. The van der Waals surface area contributed by atoms with Gasteiger partial charge >= 0.3 is 12.0 Å². The van der Waals surface area contributed by atoms with Gasteiger partial charge in [0.1, 0.15) is 0 Å². The predicted octanol–water partition coefficient (Wildman–Crippen LogP) is 3.19. The Morgan fingerprint density at radius 3 is 2.38 bits per heavy atom. The number of rotatable bonds is 7. The Balaban J connectivity index is 2.85. The number of carboxylic acid groups (broad SMARTS) is 1. The van der Waals surface area contributed by atoms with E-state index in [1.165, 1.54) is 0 Å². The lowest BCUT2D eigenvalue weighted by molar-refractivity contribution is -0.138. The highest BCUT2D eigenvalue weighted by molar-refractivity contribution is 5.77. The van der Waals surface area contributed by atoms with Gasteiger partial charge in [-0.15, -0.1) is 0 Å². The first kappa shape index (κ1) is 17.8. The molecule has 122 valence electrons. The number of aliphatic carboxylic acids is 1. The van der Waals surface area contributed by atoms with Crippen LogP contribution >= 0.6 is 0 Å². The van der Waals surface area contributed by atoms with Gasteiger partial charge in [0.05, 0.1) is 6.42 Å². The van der Waals surface area contributed by atoms with Gasteiger partial charge in [-0.2, -0.15) is 0 Å². The van der Waals surface area contributed by atoms with Crippen molar-refractivity contribution in [2.45, 2.75) is 71.9 Å². The van der Waals surface area contributed by atoms with Crippen LogP contribution in [0.3, 0.4) is 0 Å². The molecule has 0 spiro atoms. The molecule has 1 heterocycles. The molecule has 5 nitrogen and oxygen atoms in total. The lowest BCUT2D eigenvalue weighted by Crippen LogP contribution is -2.51. The summed E-state index contributed by atoms with van der Waals surface area (Å²) in [6.45, 7) is 9.86. The van der Waals surface area contributed by atoms with Crippen LogP contribution < -0.4 is 0 Å². The second-order valence-electron chi connectivity index (χ2n) is 6.39. The summed E-state index contributed by atoms with van der Waals surface area (Å²) in [6.07, 6.45) is 3.64. The largest absolute Gasteiger partial charge is 0.481 e. The number of hydrogen-bond acceptors (Lipinski definition) is 2. The summed E-state index contributed by atoms with van der Waals surface area (Å²) in [6, 6.07) is 0.131. The van der Waals surface area contributed by atoms with Gasteiger partial charge in [0, 0.05) is 25.2 Å². The smallest absolute Gasteiger partial charge is 0.320 e. The van der Waals surface area contributed by atoms with E-state index in [2.05, 4.69) is 27.7 Å². The molecule has 2 amide bonds. The van der Waals surface area contributed by atoms with Crippen LogP contribution in [0.2, 0.25) is 0 Å². The molecule has 1 saturated heterocycles. The molecule has 0 aromatic heterocycles. The van der Waals surface area contributed by atoms with Crippen molar-refractivity contribution in [3.05, 3.63) is 0 Å². The molecular formula is C16H30N2O3. The van der Waals surface area contributed by atoms with Gasteiger partial charge in [-0.05, 0) is 31.6 Å². The van der Waals surface area contributed by atoms with Crippen LogP contribution in [0.1, 0.15) is 59.8 Å². The molecule has 0 aromatic rings. The van der Waals surface area contributed by atoms with Gasteiger partial charge in [-0.1, -0.05) is 27.7 Å². The molecule has 0 aliphatic carbocycles. The lowest BCUT2D eigenvalue weighted by atomic mass is 10.1. The second kappa shape index (κ2) is 8.25. The van der Waals surface area contributed by atoms with Crippen molar-refractivity contribution in [1.82, 2.24) is 9.80 Å². The SMILES string of the molecule is CCC(CC)N(CC(C)C)C(=O)N1CCCC1CC(=O)O. The predicted molar refractivity (Wildman–Crippen MR) is 83.3 cm³/mol. The summed E-state index contributed by atoms with van der Waals surface area (Å²) < 4.78 is 0. The fourth-order valence-electron chi connectivity index (χ4n) is 3.17. The maximum absolute atomic E-state index is 12.9. The second-order valence-corrected chi connectivity index (χ2v) is 6.39. The van der Waals surface area contributed by atoms with Gasteiger partial charge < -0.3 is 14.9 Å². The Kier molecular flexibility index (Phi) is 6.99. The first-order valence-electron chi connectivity index (χ1n) is 8.19. The number of carbonyl (C=O) groups excluding carboxylic acids is 1. The minimum atomic E-state index is -0.822.